The highest BCUT2D eigenvalue weighted by Gasteiger charge is 2.14. The SMILES string of the molecule is C#CCN(CC(=O)O)c1ccc(S(=O)(=O)NCCC)cc1. The quantitative estimate of drug-likeness (QED) is 0.697. The topological polar surface area (TPSA) is 86.7 Å². The largest absolute Gasteiger partial charge is 0.480 e. The number of sulfonamides is 1. The minimum Gasteiger partial charge on any atom is -0.480 e. The lowest BCUT2D eigenvalue weighted by atomic mass is 10.3. The Morgan fingerprint density at radius 1 is 1.38 bits per heavy atom. The third-order valence-electron chi connectivity index (χ3n) is 2.66. The van der Waals surface area contributed by atoms with Crippen molar-refractivity contribution in [3.63, 3.8) is 0 Å². The van der Waals surface area contributed by atoms with Crippen LogP contribution in [0.3, 0.4) is 0 Å². The number of carbonyl (C=O) groups is 1. The molecule has 6 nitrogen and oxygen atoms in total. The molecular weight excluding hydrogens is 292 g/mol. The zero-order valence-electron chi connectivity index (χ0n) is 11.7. The first-order chi connectivity index (χ1) is 9.90. The van der Waals surface area contributed by atoms with Gasteiger partial charge in [-0.05, 0) is 30.7 Å². The molecule has 114 valence electrons. The minimum atomic E-state index is -3.53. The van der Waals surface area contributed by atoms with Gasteiger partial charge in [0.2, 0.25) is 10.0 Å². The van der Waals surface area contributed by atoms with Crippen LogP contribution >= 0.6 is 0 Å². The van der Waals surface area contributed by atoms with Crippen LogP contribution in [-0.2, 0) is 14.8 Å². The summed E-state index contributed by atoms with van der Waals surface area (Å²) in [6.45, 7) is 2.12. The lowest BCUT2D eigenvalue weighted by Gasteiger charge is -2.20. The van der Waals surface area contributed by atoms with E-state index in [0.29, 0.717) is 18.7 Å². The maximum atomic E-state index is 11.9. The van der Waals surface area contributed by atoms with Crippen molar-refractivity contribution in [2.75, 3.05) is 24.5 Å². The summed E-state index contributed by atoms with van der Waals surface area (Å²) in [7, 11) is -3.53. The number of nitrogens with one attached hydrogen (secondary N) is 1. The van der Waals surface area contributed by atoms with Crippen molar-refractivity contribution in [3.05, 3.63) is 24.3 Å². The number of benzene rings is 1. The van der Waals surface area contributed by atoms with Crippen LogP contribution in [0.5, 0.6) is 0 Å². The van der Waals surface area contributed by atoms with E-state index in [0.717, 1.165) is 0 Å². The van der Waals surface area contributed by atoms with E-state index in [4.69, 9.17) is 11.5 Å². The van der Waals surface area contributed by atoms with Gasteiger partial charge in [0.15, 0.2) is 0 Å². The second-order valence-corrected chi connectivity index (χ2v) is 6.11. The van der Waals surface area contributed by atoms with Gasteiger partial charge in [0.05, 0.1) is 11.4 Å². The standard InChI is InChI=1S/C14H18N2O4S/c1-3-9-15-21(19,20)13-7-5-12(6-8-13)16(10-4-2)11-14(17)18/h2,5-8,15H,3,9-11H2,1H3,(H,17,18). The summed E-state index contributed by atoms with van der Waals surface area (Å²) in [6.07, 6.45) is 5.91. The van der Waals surface area contributed by atoms with Crippen molar-refractivity contribution in [3.8, 4) is 12.3 Å². The molecule has 0 unspecified atom stereocenters. The average molecular weight is 310 g/mol. The number of hydrogen-bond donors (Lipinski definition) is 2. The fraction of sp³-hybridized carbons (Fsp3) is 0.357. The molecule has 21 heavy (non-hydrogen) atoms. The molecule has 0 bridgehead atoms. The van der Waals surface area contributed by atoms with Crippen molar-refractivity contribution >= 4 is 21.7 Å². The van der Waals surface area contributed by atoms with Gasteiger partial charge in [-0.1, -0.05) is 12.8 Å². The maximum Gasteiger partial charge on any atom is 0.323 e. The number of anilines is 1. The van der Waals surface area contributed by atoms with Gasteiger partial charge in [-0.25, -0.2) is 13.1 Å². The van der Waals surface area contributed by atoms with Gasteiger partial charge < -0.3 is 10.0 Å². The van der Waals surface area contributed by atoms with Crippen LogP contribution in [0.25, 0.3) is 0 Å². The van der Waals surface area contributed by atoms with E-state index >= 15 is 0 Å². The summed E-state index contributed by atoms with van der Waals surface area (Å²) in [4.78, 5) is 12.4. The van der Waals surface area contributed by atoms with Crippen LogP contribution in [0.2, 0.25) is 0 Å². The predicted molar refractivity (Wildman–Crippen MR) is 80.6 cm³/mol. The summed E-state index contributed by atoms with van der Waals surface area (Å²) < 4.78 is 26.3. The van der Waals surface area contributed by atoms with Crippen LogP contribution in [0.15, 0.2) is 29.2 Å². The van der Waals surface area contributed by atoms with E-state index in [1.807, 2.05) is 6.92 Å². The summed E-state index contributed by atoms with van der Waals surface area (Å²) in [5.74, 6) is 1.37. The van der Waals surface area contributed by atoms with E-state index in [-0.39, 0.29) is 18.0 Å². The number of terminal acetylenes is 1. The van der Waals surface area contributed by atoms with E-state index < -0.39 is 16.0 Å². The first-order valence-corrected chi connectivity index (χ1v) is 7.89. The molecular formula is C14H18N2O4S. The summed E-state index contributed by atoms with van der Waals surface area (Å²) in [5, 5.41) is 8.84. The number of hydrogen-bond acceptors (Lipinski definition) is 4. The molecule has 0 amide bonds. The molecule has 1 aromatic carbocycles. The zero-order valence-corrected chi connectivity index (χ0v) is 12.6. The van der Waals surface area contributed by atoms with Crippen molar-refractivity contribution in [2.24, 2.45) is 0 Å². The molecule has 2 N–H and O–H groups in total. The Morgan fingerprint density at radius 2 is 2.00 bits per heavy atom. The van der Waals surface area contributed by atoms with E-state index in [9.17, 15) is 13.2 Å². The molecule has 7 heteroatoms. The maximum absolute atomic E-state index is 11.9. The molecule has 0 atom stereocenters. The fourth-order valence-corrected chi connectivity index (χ4v) is 2.80. The fourth-order valence-electron chi connectivity index (χ4n) is 1.67. The number of carboxylic acid groups (broad SMARTS) is 1. The second-order valence-electron chi connectivity index (χ2n) is 4.35. The van der Waals surface area contributed by atoms with Crippen LogP contribution in [0.1, 0.15) is 13.3 Å². The second kappa shape index (κ2) is 7.67. The molecule has 0 saturated heterocycles. The first-order valence-electron chi connectivity index (χ1n) is 6.40. The van der Waals surface area contributed by atoms with E-state index in [2.05, 4.69) is 10.6 Å². The smallest absolute Gasteiger partial charge is 0.323 e. The lowest BCUT2D eigenvalue weighted by molar-refractivity contribution is -0.135. The Bertz CT molecular complexity index is 617. The van der Waals surface area contributed by atoms with E-state index in [1.54, 1.807) is 12.1 Å². The monoisotopic (exact) mass is 310 g/mol. The molecule has 1 rings (SSSR count). The lowest BCUT2D eigenvalue weighted by Crippen LogP contribution is -2.30. The number of nitrogens with zero attached hydrogens (tertiary/aromatic N) is 1. The molecule has 0 saturated carbocycles. The normalized spacial score (nSPS) is 10.9. The third kappa shape index (κ3) is 5.10. The van der Waals surface area contributed by atoms with Crippen LogP contribution in [0, 0.1) is 12.3 Å². The molecule has 0 spiro atoms. The Balaban J connectivity index is 2.95. The Hall–Kier alpha value is -2.04. The van der Waals surface area contributed by atoms with Gasteiger partial charge in [-0.2, -0.15) is 0 Å². The minimum absolute atomic E-state index is 0.131. The molecule has 0 heterocycles. The van der Waals surface area contributed by atoms with Crippen molar-refractivity contribution < 1.29 is 18.3 Å². The van der Waals surface area contributed by atoms with Crippen LogP contribution in [0.4, 0.5) is 5.69 Å². The van der Waals surface area contributed by atoms with E-state index in [1.165, 1.54) is 17.0 Å². The molecule has 0 aliphatic rings. The average Bonchev–Trinajstić information content (AvgIpc) is 2.44. The number of carboxylic acids is 1. The molecule has 1 aromatic rings. The summed E-state index contributed by atoms with van der Waals surface area (Å²) in [5.41, 5.74) is 0.560. The molecule has 0 radical (unpaired) electrons. The third-order valence-corrected chi connectivity index (χ3v) is 4.14. The highest BCUT2D eigenvalue weighted by Crippen LogP contribution is 2.17. The van der Waals surface area contributed by atoms with Crippen molar-refractivity contribution in [2.45, 2.75) is 18.2 Å². The summed E-state index contributed by atoms with van der Waals surface area (Å²) >= 11 is 0. The molecule has 0 aromatic heterocycles. The zero-order chi connectivity index (χ0) is 15.9. The van der Waals surface area contributed by atoms with Gasteiger partial charge in [0, 0.05) is 12.2 Å². The van der Waals surface area contributed by atoms with Crippen LogP contribution < -0.4 is 9.62 Å². The van der Waals surface area contributed by atoms with Gasteiger partial charge in [-0.15, -0.1) is 6.42 Å². The van der Waals surface area contributed by atoms with Crippen LogP contribution in [-0.4, -0.2) is 39.1 Å². The molecule has 0 aliphatic heterocycles. The predicted octanol–water partition coefficient (Wildman–Crippen LogP) is 0.899. The summed E-state index contributed by atoms with van der Waals surface area (Å²) in [6, 6.07) is 5.94. The molecule has 0 fully saturated rings. The first kappa shape index (κ1) is 17.0. The molecule has 0 aliphatic carbocycles. The van der Waals surface area contributed by atoms with Gasteiger partial charge in [0.1, 0.15) is 6.54 Å². The highest BCUT2D eigenvalue weighted by molar-refractivity contribution is 7.89. The van der Waals surface area contributed by atoms with Gasteiger partial charge >= 0.3 is 5.97 Å². The van der Waals surface area contributed by atoms with Gasteiger partial charge in [-0.3, -0.25) is 4.79 Å². The Labute approximate surface area is 124 Å². The Morgan fingerprint density at radius 3 is 2.48 bits per heavy atom. The number of rotatable bonds is 8. The van der Waals surface area contributed by atoms with Gasteiger partial charge in [0.25, 0.3) is 0 Å². The Kier molecular flexibility index (Phi) is 6.21. The number of aliphatic carboxylic acids is 1. The van der Waals surface area contributed by atoms with Crippen molar-refractivity contribution in [1.82, 2.24) is 4.72 Å². The van der Waals surface area contributed by atoms with Crippen molar-refractivity contribution in [1.29, 1.82) is 0 Å². The highest BCUT2D eigenvalue weighted by atomic mass is 32.2.